The van der Waals surface area contributed by atoms with Crippen LogP contribution in [0.25, 0.3) is 0 Å². The molecule has 0 aliphatic carbocycles. The number of rotatable bonds is 4. The van der Waals surface area contributed by atoms with Crippen molar-refractivity contribution >= 4 is 11.8 Å². The fourth-order valence-electron chi connectivity index (χ4n) is 1.92. The molecule has 1 rings (SSSR count). The van der Waals surface area contributed by atoms with Gasteiger partial charge >= 0.3 is 0 Å². The minimum Gasteiger partial charge on any atom is -0.369 e. The van der Waals surface area contributed by atoms with Gasteiger partial charge in [0, 0.05) is 31.6 Å². The second-order valence-electron chi connectivity index (χ2n) is 5.65. The van der Waals surface area contributed by atoms with Crippen LogP contribution in [-0.4, -0.2) is 41.9 Å². The summed E-state index contributed by atoms with van der Waals surface area (Å²) in [6, 6.07) is 0. The number of primary amides is 1. The smallest absolute Gasteiger partial charge is 0.223 e. The van der Waals surface area contributed by atoms with E-state index in [9.17, 15) is 9.59 Å². The van der Waals surface area contributed by atoms with Crippen LogP contribution in [0.2, 0.25) is 0 Å². The molecule has 0 aromatic heterocycles. The Morgan fingerprint density at radius 2 is 2.06 bits per heavy atom. The number of amides is 2. The highest BCUT2D eigenvalue weighted by molar-refractivity contribution is 5.81. The maximum atomic E-state index is 11.8. The van der Waals surface area contributed by atoms with E-state index in [4.69, 9.17) is 5.73 Å². The van der Waals surface area contributed by atoms with Gasteiger partial charge in [0.1, 0.15) is 0 Å². The van der Waals surface area contributed by atoms with Crippen molar-refractivity contribution in [2.75, 3.05) is 19.6 Å². The maximum Gasteiger partial charge on any atom is 0.223 e. The molecular weight excluding hydrogens is 218 g/mol. The molecule has 1 fully saturated rings. The van der Waals surface area contributed by atoms with Gasteiger partial charge in [0.15, 0.2) is 0 Å². The lowest BCUT2D eigenvalue weighted by atomic mass is 10.1. The maximum absolute atomic E-state index is 11.8. The van der Waals surface area contributed by atoms with Crippen LogP contribution >= 0.6 is 0 Å². The van der Waals surface area contributed by atoms with E-state index in [2.05, 4.69) is 26.1 Å². The van der Waals surface area contributed by atoms with Crippen molar-refractivity contribution in [1.29, 1.82) is 0 Å². The molecule has 1 saturated heterocycles. The van der Waals surface area contributed by atoms with Crippen molar-refractivity contribution in [2.45, 2.75) is 39.2 Å². The molecule has 0 aromatic carbocycles. The normalized spacial score (nSPS) is 20.6. The summed E-state index contributed by atoms with van der Waals surface area (Å²) >= 11 is 0. The largest absolute Gasteiger partial charge is 0.369 e. The van der Waals surface area contributed by atoms with E-state index in [1.54, 1.807) is 4.90 Å². The van der Waals surface area contributed by atoms with Gasteiger partial charge in [-0.2, -0.15) is 0 Å². The zero-order chi connectivity index (χ0) is 13.1. The number of carbonyl (C=O) groups excluding carboxylic acids is 2. The first-order valence-corrected chi connectivity index (χ1v) is 6.12. The van der Waals surface area contributed by atoms with Crippen LogP contribution in [0.5, 0.6) is 0 Å². The Labute approximate surface area is 103 Å². The summed E-state index contributed by atoms with van der Waals surface area (Å²) in [4.78, 5) is 24.6. The van der Waals surface area contributed by atoms with E-state index in [1.165, 1.54) is 0 Å². The van der Waals surface area contributed by atoms with Gasteiger partial charge < -0.3 is 16.0 Å². The van der Waals surface area contributed by atoms with E-state index in [-0.39, 0.29) is 23.3 Å². The van der Waals surface area contributed by atoms with Gasteiger partial charge in [0.25, 0.3) is 0 Å². The van der Waals surface area contributed by atoms with Gasteiger partial charge in [0.2, 0.25) is 11.8 Å². The predicted molar refractivity (Wildman–Crippen MR) is 66.3 cm³/mol. The number of nitrogens with zero attached hydrogens (tertiary/aromatic N) is 1. The Hall–Kier alpha value is -1.10. The summed E-state index contributed by atoms with van der Waals surface area (Å²) < 4.78 is 0. The van der Waals surface area contributed by atoms with Crippen molar-refractivity contribution < 1.29 is 9.59 Å². The molecule has 98 valence electrons. The lowest BCUT2D eigenvalue weighted by molar-refractivity contribution is -0.130. The van der Waals surface area contributed by atoms with Crippen LogP contribution in [0.3, 0.4) is 0 Å². The van der Waals surface area contributed by atoms with E-state index >= 15 is 0 Å². The number of nitrogens with two attached hydrogens (primary N) is 1. The number of likely N-dealkylation sites (tertiary alicyclic amines) is 1. The van der Waals surface area contributed by atoms with Crippen LogP contribution in [0.15, 0.2) is 0 Å². The molecule has 1 aliphatic heterocycles. The van der Waals surface area contributed by atoms with Gasteiger partial charge in [-0.3, -0.25) is 9.59 Å². The molecule has 5 nitrogen and oxygen atoms in total. The van der Waals surface area contributed by atoms with Crippen molar-refractivity contribution in [3.05, 3.63) is 0 Å². The minimum absolute atomic E-state index is 0.0288. The standard InChI is InChI=1S/C12H23N3O2/c1-12(2,3)14-6-4-10(16)15-7-5-9(8-15)11(13)17/h9,14H,4-8H2,1-3H3,(H2,13,17). The highest BCUT2D eigenvalue weighted by Crippen LogP contribution is 2.16. The van der Waals surface area contributed by atoms with Crippen LogP contribution in [0.1, 0.15) is 33.6 Å². The fourth-order valence-corrected chi connectivity index (χ4v) is 1.92. The monoisotopic (exact) mass is 241 g/mol. The quantitative estimate of drug-likeness (QED) is 0.733. The third-order valence-electron chi connectivity index (χ3n) is 2.94. The number of carbonyl (C=O) groups is 2. The first-order valence-electron chi connectivity index (χ1n) is 6.12. The number of hydrogen-bond acceptors (Lipinski definition) is 3. The Morgan fingerprint density at radius 1 is 1.41 bits per heavy atom. The summed E-state index contributed by atoms with van der Waals surface area (Å²) in [7, 11) is 0. The van der Waals surface area contributed by atoms with Crippen molar-refractivity contribution in [1.82, 2.24) is 10.2 Å². The Bertz CT molecular complexity index is 297. The van der Waals surface area contributed by atoms with E-state index in [0.29, 0.717) is 32.5 Å². The molecule has 0 bridgehead atoms. The van der Waals surface area contributed by atoms with Crippen molar-refractivity contribution in [3.8, 4) is 0 Å². The molecule has 0 saturated carbocycles. The third-order valence-corrected chi connectivity index (χ3v) is 2.94. The molecule has 17 heavy (non-hydrogen) atoms. The van der Waals surface area contributed by atoms with Gasteiger partial charge in [-0.15, -0.1) is 0 Å². The Balaban J connectivity index is 2.28. The zero-order valence-corrected chi connectivity index (χ0v) is 11.0. The van der Waals surface area contributed by atoms with Gasteiger partial charge in [-0.1, -0.05) is 0 Å². The summed E-state index contributed by atoms with van der Waals surface area (Å²) in [5.74, 6) is -0.354. The lowest BCUT2D eigenvalue weighted by Gasteiger charge is -2.22. The van der Waals surface area contributed by atoms with Crippen LogP contribution in [0, 0.1) is 5.92 Å². The van der Waals surface area contributed by atoms with Crippen LogP contribution in [-0.2, 0) is 9.59 Å². The average Bonchev–Trinajstić information content (AvgIpc) is 2.63. The first kappa shape index (κ1) is 14.0. The van der Waals surface area contributed by atoms with E-state index < -0.39 is 0 Å². The molecule has 0 aromatic rings. The highest BCUT2D eigenvalue weighted by Gasteiger charge is 2.29. The molecule has 5 heteroatoms. The molecule has 1 heterocycles. The molecule has 0 radical (unpaired) electrons. The molecule has 1 atom stereocenters. The fraction of sp³-hybridized carbons (Fsp3) is 0.833. The SMILES string of the molecule is CC(C)(C)NCCC(=O)N1CCC(C(N)=O)C1. The summed E-state index contributed by atoms with van der Waals surface area (Å²) in [5.41, 5.74) is 5.26. The topological polar surface area (TPSA) is 75.4 Å². The molecule has 3 N–H and O–H groups in total. The lowest BCUT2D eigenvalue weighted by Crippen LogP contribution is -2.39. The Morgan fingerprint density at radius 3 is 2.53 bits per heavy atom. The van der Waals surface area contributed by atoms with Crippen LogP contribution < -0.4 is 11.1 Å². The summed E-state index contributed by atoms with van der Waals surface area (Å²) in [6.45, 7) is 8.01. The van der Waals surface area contributed by atoms with Crippen molar-refractivity contribution in [3.63, 3.8) is 0 Å². The molecule has 1 unspecified atom stereocenters. The molecule has 0 spiro atoms. The molecular formula is C12H23N3O2. The summed E-state index contributed by atoms with van der Waals surface area (Å²) in [5, 5.41) is 3.27. The minimum atomic E-state index is -0.298. The van der Waals surface area contributed by atoms with Crippen LogP contribution in [0.4, 0.5) is 0 Å². The molecule has 1 aliphatic rings. The average molecular weight is 241 g/mol. The summed E-state index contributed by atoms with van der Waals surface area (Å²) in [6.07, 6.45) is 1.18. The van der Waals surface area contributed by atoms with Gasteiger partial charge in [0.05, 0.1) is 5.92 Å². The molecule has 2 amide bonds. The third kappa shape index (κ3) is 4.73. The number of nitrogens with one attached hydrogen (secondary N) is 1. The van der Waals surface area contributed by atoms with Gasteiger partial charge in [-0.25, -0.2) is 0 Å². The van der Waals surface area contributed by atoms with E-state index in [0.717, 1.165) is 0 Å². The van der Waals surface area contributed by atoms with Crippen molar-refractivity contribution in [2.24, 2.45) is 11.7 Å². The number of hydrogen-bond donors (Lipinski definition) is 2. The first-order chi connectivity index (χ1) is 7.79. The second-order valence-corrected chi connectivity index (χ2v) is 5.65. The van der Waals surface area contributed by atoms with Gasteiger partial charge in [-0.05, 0) is 27.2 Å². The highest BCUT2D eigenvalue weighted by atomic mass is 16.2. The van der Waals surface area contributed by atoms with E-state index in [1.807, 2.05) is 0 Å². The predicted octanol–water partition coefficient (Wildman–Crippen LogP) is 0.0984. The second kappa shape index (κ2) is 5.49. The zero-order valence-electron chi connectivity index (χ0n) is 11.0. The Kier molecular flexibility index (Phi) is 4.51.